The second-order valence-electron chi connectivity index (χ2n) is 3.97. The Bertz CT molecular complexity index is 444. The van der Waals surface area contributed by atoms with Crippen LogP contribution in [0.4, 0.5) is 4.39 Å². The molecule has 2 rings (SSSR count). The lowest BCUT2D eigenvalue weighted by Gasteiger charge is -2.23. The van der Waals surface area contributed by atoms with E-state index in [1.807, 2.05) is 0 Å². The fraction of sp³-hybridized carbons (Fsp3) is 0.333. The highest BCUT2D eigenvalue weighted by atomic mass is 19.1. The van der Waals surface area contributed by atoms with Crippen LogP contribution in [0.1, 0.15) is 24.9 Å². The van der Waals surface area contributed by atoms with Gasteiger partial charge in [0.25, 0.3) is 0 Å². The molecule has 1 saturated heterocycles. The molecule has 1 heterocycles. The van der Waals surface area contributed by atoms with Gasteiger partial charge in [-0.2, -0.15) is 0 Å². The highest BCUT2D eigenvalue weighted by Gasteiger charge is 2.31. The van der Waals surface area contributed by atoms with Crippen LogP contribution in [0, 0.1) is 5.82 Å². The summed E-state index contributed by atoms with van der Waals surface area (Å²) in [7, 11) is 0. The van der Waals surface area contributed by atoms with Crippen LogP contribution in [0.3, 0.4) is 0 Å². The molecule has 1 aromatic carbocycles. The summed E-state index contributed by atoms with van der Waals surface area (Å²) in [4.78, 5) is 24.1. The molecule has 1 atom stereocenters. The predicted octanol–water partition coefficient (Wildman–Crippen LogP) is 1.69. The number of likely N-dealkylation sites (tertiary alicyclic amines) is 1. The third-order valence-corrected chi connectivity index (χ3v) is 2.81. The predicted molar refractivity (Wildman–Crippen MR) is 56.2 cm³/mol. The van der Waals surface area contributed by atoms with Gasteiger partial charge in [0.05, 0.1) is 19.0 Å². The number of Topliss-reactive ketones (excluding diaryl/α,β-unsaturated/α-hetero) is 1. The lowest BCUT2D eigenvalue weighted by atomic mass is 10.1. The summed E-state index contributed by atoms with van der Waals surface area (Å²) in [6.07, 6.45) is -0.0281. The molecule has 84 valence electrons. The van der Waals surface area contributed by atoms with Crippen LogP contribution >= 0.6 is 0 Å². The first kappa shape index (κ1) is 10.8. The number of hydrogen-bond donors (Lipinski definition) is 0. The minimum atomic E-state index is -0.331. The van der Waals surface area contributed by atoms with Crippen LogP contribution in [0.25, 0.3) is 0 Å². The number of rotatable bonds is 2. The van der Waals surface area contributed by atoms with Crippen molar-refractivity contribution in [1.29, 1.82) is 0 Å². The summed E-state index contributed by atoms with van der Waals surface area (Å²) < 4.78 is 13.0. The van der Waals surface area contributed by atoms with Crippen LogP contribution in [0.5, 0.6) is 0 Å². The number of carbonyl (C=O) groups is 2. The summed E-state index contributed by atoms with van der Waals surface area (Å²) in [6, 6.07) is 5.84. The number of hydrogen-bond acceptors (Lipinski definition) is 2. The molecule has 0 bridgehead atoms. The fourth-order valence-electron chi connectivity index (χ4n) is 1.90. The van der Waals surface area contributed by atoms with E-state index in [0.717, 1.165) is 0 Å². The Balaban J connectivity index is 2.22. The van der Waals surface area contributed by atoms with Gasteiger partial charge in [0.2, 0.25) is 5.91 Å². The van der Waals surface area contributed by atoms with Crippen LogP contribution in [0.15, 0.2) is 24.3 Å². The molecule has 1 aliphatic rings. The van der Waals surface area contributed by atoms with E-state index in [2.05, 4.69) is 0 Å². The van der Waals surface area contributed by atoms with Crippen molar-refractivity contribution in [1.82, 2.24) is 4.90 Å². The van der Waals surface area contributed by atoms with Gasteiger partial charge in [-0.1, -0.05) is 12.1 Å². The molecule has 0 aliphatic carbocycles. The van der Waals surface area contributed by atoms with E-state index >= 15 is 0 Å². The van der Waals surface area contributed by atoms with Crippen molar-refractivity contribution in [2.45, 2.75) is 19.4 Å². The monoisotopic (exact) mass is 221 g/mol. The van der Waals surface area contributed by atoms with E-state index in [0.29, 0.717) is 5.56 Å². The zero-order chi connectivity index (χ0) is 11.7. The quantitative estimate of drug-likeness (QED) is 0.712. The van der Waals surface area contributed by atoms with Crippen LogP contribution in [-0.2, 0) is 9.59 Å². The molecule has 0 saturated carbocycles. The Kier molecular flexibility index (Phi) is 2.73. The molecule has 0 N–H and O–H groups in total. The molecular formula is C12H12FNO2. The maximum absolute atomic E-state index is 13.0. The van der Waals surface area contributed by atoms with E-state index in [-0.39, 0.29) is 36.5 Å². The Labute approximate surface area is 92.9 Å². The Morgan fingerprint density at radius 2 is 2.12 bits per heavy atom. The molecule has 1 aliphatic heterocycles. The van der Waals surface area contributed by atoms with E-state index in [9.17, 15) is 14.0 Å². The zero-order valence-corrected chi connectivity index (χ0v) is 8.94. The number of carbonyl (C=O) groups excluding carboxylic acids is 2. The van der Waals surface area contributed by atoms with Gasteiger partial charge in [0.15, 0.2) is 5.78 Å². The van der Waals surface area contributed by atoms with Crippen molar-refractivity contribution >= 4 is 11.7 Å². The minimum Gasteiger partial charge on any atom is -0.328 e. The standard InChI is InChI=1S/C12H12FNO2/c1-8(9-3-2-4-10(13)5-9)14-7-11(15)6-12(14)16/h2-5,8H,6-7H2,1H3. The lowest BCUT2D eigenvalue weighted by molar-refractivity contribution is -0.129. The second kappa shape index (κ2) is 4.04. The molecule has 0 spiro atoms. The van der Waals surface area contributed by atoms with Gasteiger partial charge in [-0.05, 0) is 24.6 Å². The van der Waals surface area contributed by atoms with Crippen molar-refractivity contribution in [2.75, 3.05) is 6.54 Å². The number of amides is 1. The molecule has 3 nitrogen and oxygen atoms in total. The summed E-state index contributed by atoms with van der Waals surface area (Å²) >= 11 is 0. The molecule has 1 fully saturated rings. The number of benzene rings is 1. The molecule has 16 heavy (non-hydrogen) atoms. The van der Waals surface area contributed by atoms with Crippen molar-refractivity contribution in [3.63, 3.8) is 0 Å². The Morgan fingerprint density at radius 1 is 1.38 bits per heavy atom. The van der Waals surface area contributed by atoms with Gasteiger partial charge < -0.3 is 4.90 Å². The average molecular weight is 221 g/mol. The molecule has 1 unspecified atom stereocenters. The SMILES string of the molecule is CC(c1cccc(F)c1)N1CC(=O)CC1=O. The van der Waals surface area contributed by atoms with Crippen molar-refractivity contribution in [3.8, 4) is 0 Å². The van der Waals surface area contributed by atoms with E-state index < -0.39 is 0 Å². The van der Waals surface area contributed by atoms with Gasteiger partial charge in [-0.25, -0.2) is 4.39 Å². The van der Waals surface area contributed by atoms with Crippen LogP contribution in [-0.4, -0.2) is 23.1 Å². The minimum absolute atomic E-state index is 0.0281. The maximum Gasteiger partial charge on any atom is 0.230 e. The molecule has 1 amide bonds. The Morgan fingerprint density at radius 3 is 2.69 bits per heavy atom. The molecule has 0 aromatic heterocycles. The van der Waals surface area contributed by atoms with Gasteiger partial charge in [0.1, 0.15) is 5.82 Å². The molecule has 4 heteroatoms. The fourth-order valence-corrected chi connectivity index (χ4v) is 1.90. The van der Waals surface area contributed by atoms with Crippen molar-refractivity contribution < 1.29 is 14.0 Å². The highest BCUT2D eigenvalue weighted by molar-refractivity contribution is 6.05. The third-order valence-electron chi connectivity index (χ3n) is 2.81. The van der Waals surface area contributed by atoms with Crippen molar-refractivity contribution in [3.05, 3.63) is 35.6 Å². The zero-order valence-electron chi connectivity index (χ0n) is 8.94. The first-order valence-electron chi connectivity index (χ1n) is 5.14. The number of ketones is 1. The summed E-state index contributed by atoms with van der Waals surface area (Å²) in [5.74, 6) is -0.586. The second-order valence-corrected chi connectivity index (χ2v) is 3.97. The number of halogens is 1. The summed E-state index contributed by atoms with van der Waals surface area (Å²) in [5.41, 5.74) is 0.711. The normalized spacial score (nSPS) is 18.0. The molecule has 0 radical (unpaired) electrons. The highest BCUT2D eigenvalue weighted by Crippen LogP contribution is 2.24. The topological polar surface area (TPSA) is 37.4 Å². The maximum atomic E-state index is 13.0. The molecular weight excluding hydrogens is 209 g/mol. The largest absolute Gasteiger partial charge is 0.328 e. The van der Waals surface area contributed by atoms with Gasteiger partial charge in [-0.3, -0.25) is 9.59 Å². The molecule has 1 aromatic rings. The van der Waals surface area contributed by atoms with Crippen LogP contribution < -0.4 is 0 Å². The smallest absolute Gasteiger partial charge is 0.230 e. The van der Waals surface area contributed by atoms with Crippen molar-refractivity contribution in [2.24, 2.45) is 0 Å². The average Bonchev–Trinajstić information content (AvgIpc) is 2.57. The van der Waals surface area contributed by atoms with E-state index in [1.54, 1.807) is 19.1 Å². The lowest BCUT2D eigenvalue weighted by Crippen LogP contribution is -2.28. The first-order valence-corrected chi connectivity index (χ1v) is 5.14. The third kappa shape index (κ3) is 1.96. The van der Waals surface area contributed by atoms with Gasteiger partial charge in [0, 0.05) is 0 Å². The van der Waals surface area contributed by atoms with Gasteiger partial charge in [-0.15, -0.1) is 0 Å². The van der Waals surface area contributed by atoms with E-state index in [4.69, 9.17) is 0 Å². The first-order chi connectivity index (χ1) is 7.58. The summed E-state index contributed by atoms with van der Waals surface area (Å²) in [6.45, 7) is 1.93. The van der Waals surface area contributed by atoms with Crippen LogP contribution in [0.2, 0.25) is 0 Å². The summed E-state index contributed by atoms with van der Waals surface area (Å²) in [5, 5.41) is 0. The number of nitrogens with zero attached hydrogens (tertiary/aromatic N) is 1. The van der Waals surface area contributed by atoms with E-state index in [1.165, 1.54) is 17.0 Å². The van der Waals surface area contributed by atoms with Gasteiger partial charge >= 0.3 is 0 Å². The Hall–Kier alpha value is -1.71.